The molecule has 0 aromatic heterocycles. The number of anilines is 1. The van der Waals surface area contributed by atoms with Crippen molar-refractivity contribution >= 4 is 39.3 Å². The van der Waals surface area contributed by atoms with E-state index in [2.05, 4.69) is 26.6 Å². The Balaban J connectivity index is 1.90. The summed E-state index contributed by atoms with van der Waals surface area (Å²) in [4.78, 5) is 35.6. The number of hydrogen-bond acceptors (Lipinski definition) is 4. The molecule has 1 heterocycles. The first-order valence-electron chi connectivity index (χ1n) is 6.64. The van der Waals surface area contributed by atoms with Gasteiger partial charge in [0.2, 0.25) is 0 Å². The number of hydrogen-bond donors (Lipinski definition) is 2. The van der Waals surface area contributed by atoms with Gasteiger partial charge in [-0.25, -0.2) is 0 Å². The van der Waals surface area contributed by atoms with Crippen LogP contribution in [0, 0.1) is 0 Å². The van der Waals surface area contributed by atoms with Gasteiger partial charge in [0.05, 0.1) is 23.8 Å². The maximum absolute atomic E-state index is 12.4. The minimum Gasteiger partial charge on any atom is -0.496 e. The highest BCUT2D eigenvalue weighted by Gasteiger charge is 2.27. The molecule has 2 aromatic rings. The van der Waals surface area contributed by atoms with Crippen molar-refractivity contribution in [2.75, 3.05) is 12.4 Å². The second kappa shape index (κ2) is 5.85. The van der Waals surface area contributed by atoms with Gasteiger partial charge in [0.15, 0.2) is 0 Å². The van der Waals surface area contributed by atoms with Crippen LogP contribution in [0.4, 0.5) is 5.69 Å². The van der Waals surface area contributed by atoms with E-state index in [9.17, 15) is 14.4 Å². The predicted molar refractivity (Wildman–Crippen MR) is 86.9 cm³/mol. The van der Waals surface area contributed by atoms with Crippen molar-refractivity contribution in [2.24, 2.45) is 0 Å². The van der Waals surface area contributed by atoms with Crippen LogP contribution in [0.2, 0.25) is 0 Å². The molecule has 0 saturated heterocycles. The summed E-state index contributed by atoms with van der Waals surface area (Å²) in [7, 11) is 1.48. The number of carbonyl (C=O) groups excluding carboxylic acids is 3. The molecule has 1 aliphatic rings. The largest absolute Gasteiger partial charge is 0.496 e. The molecule has 116 valence electrons. The lowest BCUT2D eigenvalue weighted by Crippen LogP contribution is -2.19. The predicted octanol–water partition coefficient (Wildman–Crippen LogP) is 2.59. The molecule has 3 rings (SSSR count). The lowest BCUT2D eigenvalue weighted by atomic mass is 10.1. The van der Waals surface area contributed by atoms with Crippen molar-refractivity contribution < 1.29 is 19.1 Å². The molecule has 0 saturated carbocycles. The molecule has 2 aromatic carbocycles. The zero-order valence-electron chi connectivity index (χ0n) is 12.0. The zero-order valence-corrected chi connectivity index (χ0v) is 13.6. The number of amides is 3. The van der Waals surface area contributed by atoms with Crippen LogP contribution in [0.5, 0.6) is 5.75 Å². The zero-order chi connectivity index (χ0) is 16.6. The van der Waals surface area contributed by atoms with Gasteiger partial charge >= 0.3 is 0 Å². The molecular weight excluding hydrogens is 364 g/mol. The van der Waals surface area contributed by atoms with Gasteiger partial charge in [-0.1, -0.05) is 15.9 Å². The summed E-state index contributed by atoms with van der Waals surface area (Å²) < 4.78 is 5.91. The van der Waals surface area contributed by atoms with E-state index < -0.39 is 11.8 Å². The first kappa shape index (κ1) is 15.2. The third-order valence-corrected chi connectivity index (χ3v) is 3.89. The van der Waals surface area contributed by atoms with Gasteiger partial charge in [-0.3, -0.25) is 19.7 Å². The van der Waals surface area contributed by atoms with Crippen molar-refractivity contribution in [1.82, 2.24) is 5.32 Å². The number of imide groups is 1. The Morgan fingerprint density at radius 1 is 1.09 bits per heavy atom. The highest BCUT2D eigenvalue weighted by molar-refractivity contribution is 9.10. The first-order chi connectivity index (χ1) is 11.0. The smallest absolute Gasteiger partial charge is 0.259 e. The Morgan fingerprint density at radius 3 is 2.57 bits per heavy atom. The molecule has 0 aliphatic carbocycles. The fourth-order valence-corrected chi connectivity index (χ4v) is 2.66. The third kappa shape index (κ3) is 2.83. The van der Waals surface area contributed by atoms with Crippen LogP contribution in [0.1, 0.15) is 31.1 Å². The van der Waals surface area contributed by atoms with Crippen LogP contribution in [0.15, 0.2) is 40.9 Å². The second-order valence-electron chi connectivity index (χ2n) is 4.84. The summed E-state index contributed by atoms with van der Waals surface area (Å²) in [5, 5.41) is 4.90. The number of fused-ring (bicyclic) bond motifs is 1. The standard InChI is InChI=1S/C16H11BrN2O4/c1-23-13-5-2-8(17)6-12(13)16(22)18-9-3-4-10-11(7-9)15(21)19-14(10)20/h2-7H,1H3,(H,18,22)(H,19,20,21). The van der Waals surface area contributed by atoms with Crippen LogP contribution < -0.4 is 15.4 Å². The highest BCUT2D eigenvalue weighted by Crippen LogP contribution is 2.25. The summed E-state index contributed by atoms with van der Waals surface area (Å²) in [5.74, 6) is -0.856. The SMILES string of the molecule is COc1ccc(Br)cc1C(=O)Nc1ccc2c(c1)C(=O)NC2=O. The molecule has 0 radical (unpaired) electrons. The molecule has 2 N–H and O–H groups in total. The Bertz CT molecular complexity index is 848. The van der Waals surface area contributed by atoms with Crippen LogP contribution in [-0.2, 0) is 0 Å². The Kier molecular flexibility index (Phi) is 3.87. The molecule has 0 bridgehead atoms. The van der Waals surface area contributed by atoms with E-state index in [4.69, 9.17) is 4.74 Å². The number of methoxy groups -OCH3 is 1. The molecule has 0 atom stereocenters. The maximum atomic E-state index is 12.4. The van der Waals surface area contributed by atoms with E-state index in [0.717, 1.165) is 4.47 Å². The summed E-state index contributed by atoms with van der Waals surface area (Å²) in [6.07, 6.45) is 0. The van der Waals surface area contributed by atoms with Crippen LogP contribution in [0.3, 0.4) is 0 Å². The Morgan fingerprint density at radius 2 is 1.83 bits per heavy atom. The quantitative estimate of drug-likeness (QED) is 0.808. The van der Waals surface area contributed by atoms with Crippen molar-refractivity contribution in [1.29, 1.82) is 0 Å². The Hall–Kier alpha value is -2.67. The van der Waals surface area contributed by atoms with Crippen LogP contribution >= 0.6 is 15.9 Å². The average Bonchev–Trinajstić information content (AvgIpc) is 2.81. The van der Waals surface area contributed by atoms with E-state index in [1.807, 2.05) is 0 Å². The van der Waals surface area contributed by atoms with Gasteiger partial charge < -0.3 is 10.1 Å². The van der Waals surface area contributed by atoms with Crippen molar-refractivity contribution in [3.63, 3.8) is 0 Å². The Labute approximate surface area is 140 Å². The minimum absolute atomic E-state index is 0.244. The molecule has 0 fully saturated rings. The molecule has 1 aliphatic heterocycles. The number of halogens is 1. The normalized spacial score (nSPS) is 12.6. The molecule has 23 heavy (non-hydrogen) atoms. The van der Waals surface area contributed by atoms with Crippen LogP contribution in [-0.4, -0.2) is 24.8 Å². The maximum Gasteiger partial charge on any atom is 0.259 e. The summed E-state index contributed by atoms with van der Waals surface area (Å²) in [5.41, 5.74) is 1.31. The summed E-state index contributed by atoms with van der Waals surface area (Å²) in [6, 6.07) is 9.62. The van der Waals surface area contributed by atoms with Gasteiger partial charge in [0.1, 0.15) is 5.75 Å². The van der Waals surface area contributed by atoms with Crippen molar-refractivity contribution in [2.45, 2.75) is 0 Å². The second-order valence-corrected chi connectivity index (χ2v) is 5.76. The van der Waals surface area contributed by atoms with Crippen molar-refractivity contribution in [3.05, 3.63) is 57.6 Å². The van der Waals surface area contributed by atoms with E-state index in [1.54, 1.807) is 24.3 Å². The lowest BCUT2D eigenvalue weighted by Gasteiger charge is -2.10. The van der Waals surface area contributed by atoms with Gasteiger partial charge in [-0.2, -0.15) is 0 Å². The lowest BCUT2D eigenvalue weighted by molar-refractivity contribution is 0.0878. The van der Waals surface area contributed by atoms with Gasteiger partial charge in [-0.05, 0) is 36.4 Å². The monoisotopic (exact) mass is 374 g/mol. The van der Waals surface area contributed by atoms with Crippen LogP contribution in [0.25, 0.3) is 0 Å². The van der Waals surface area contributed by atoms with E-state index in [-0.39, 0.29) is 11.5 Å². The van der Waals surface area contributed by atoms with E-state index in [0.29, 0.717) is 22.6 Å². The van der Waals surface area contributed by atoms with E-state index >= 15 is 0 Å². The molecular formula is C16H11BrN2O4. The average molecular weight is 375 g/mol. The number of rotatable bonds is 3. The summed E-state index contributed by atoms with van der Waals surface area (Å²) >= 11 is 3.31. The fraction of sp³-hybridized carbons (Fsp3) is 0.0625. The minimum atomic E-state index is -0.471. The number of carbonyl (C=O) groups is 3. The molecule has 6 nitrogen and oxygen atoms in total. The molecule has 0 unspecified atom stereocenters. The summed E-state index contributed by atoms with van der Waals surface area (Å²) in [6.45, 7) is 0. The molecule has 7 heteroatoms. The van der Waals surface area contributed by atoms with Crippen molar-refractivity contribution in [3.8, 4) is 5.75 Å². The van der Waals surface area contributed by atoms with E-state index in [1.165, 1.54) is 19.2 Å². The topological polar surface area (TPSA) is 84.5 Å². The number of ether oxygens (including phenoxy) is 1. The number of benzene rings is 2. The first-order valence-corrected chi connectivity index (χ1v) is 7.43. The van der Waals surface area contributed by atoms with Gasteiger partial charge in [0, 0.05) is 10.2 Å². The molecule has 0 spiro atoms. The number of nitrogens with one attached hydrogen (secondary N) is 2. The molecule has 3 amide bonds. The van der Waals surface area contributed by atoms with Gasteiger partial charge in [-0.15, -0.1) is 0 Å². The third-order valence-electron chi connectivity index (χ3n) is 3.40. The fourth-order valence-electron chi connectivity index (χ4n) is 2.30. The van der Waals surface area contributed by atoms with Gasteiger partial charge in [0.25, 0.3) is 17.7 Å². The highest BCUT2D eigenvalue weighted by atomic mass is 79.9.